The molecule has 0 saturated carbocycles. The van der Waals surface area contributed by atoms with Gasteiger partial charge in [-0.15, -0.1) is 0 Å². The molecule has 3 rings (SSSR count). The first-order chi connectivity index (χ1) is 9.37. The van der Waals surface area contributed by atoms with Gasteiger partial charge < -0.3 is 5.73 Å². The highest BCUT2D eigenvalue weighted by atomic mass is 32.2. The Kier molecular flexibility index (Phi) is 2.86. The second-order valence-corrected chi connectivity index (χ2v) is 7.49. The van der Waals surface area contributed by atoms with Gasteiger partial charge in [-0.05, 0) is 13.3 Å². The van der Waals surface area contributed by atoms with E-state index in [2.05, 4.69) is 10.2 Å². The van der Waals surface area contributed by atoms with Gasteiger partial charge >= 0.3 is 0 Å². The van der Waals surface area contributed by atoms with E-state index >= 15 is 0 Å². The third-order valence-corrected chi connectivity index (χ3v) is 5.48. The highest BCUT2D eigenvalue weighted by Crippen LogP contribution is 2.31. The number of anilines is 1. The van der Waals surface area contributed by atoms with Crippen LogP contribution in [0.25, 0.3) is 11.3 Å². The smallest absolute Gasteiger partial charge is 0.152 e. The molecule has 1 fully saturated rings. The predicted octanol–water partition coefficient (Wildman–Crippen LogP) is 0.534. The van der Waals surface area contributed by atoms with Crippen LogP contribution in [0.3, 0.4) is 0 Å². The minimum atomic E-state index is -2.96. The maximum atomic E-state index is 11.6. The molecule has 1 saturated heterocycles. The lowest BCUT2D eigenvalue weighted by atomic mass is 10.2. The second-order valence-electron chi connectivity index (χ2n) is 5.26. The summed E-state index contributed by atoms with van der Waals surface area (Å²) < 4.78 is 26.5. The first kappa shape index (κ1) is 13.2. The topological polar surface area (TPSA) is 95.8 Å². The Morgan fingerprint density at radius 1 is 1.45 bits per heavy atom. The summed E-state index contributed by atoms with van der Waals surface area (Å²) in [5, 5.41) is 8.64. The highest BCUT2D eigenvalue weighted by Gasteiger charge is 2.32. The molecule has 20 heavy (non-hydrogen) atoms. The zero-order valence-corrected chi connectivity index (χ0v) is 12.3. The van der Waals surface area contributed by atoms with Crippen LogP contribution in [0.1, 0.15) is 18.0 Å². The van der Waals surface area contributed by atoms with Gasteiger partial charge in [-0.1, -0.05) is 0 Å². The fourth-order valence-electron chi connectivity index (χ4n) is 2.59. The van der Waals surface area contributed by atoms with Gasteiger partial charge in [0, 0.05) is 24.4 Å². The molecular weight excluding hydrogens is 278 g/mol. The molecular formula is C12H17N5O2S. The zero-order chi connectivity index (χ0) is 14.5. The average Bonchev–Trinajstić information content (AvgIpc) is 3.01. The van der Waals surface area contributed by atoms with Crippen molar-refractivity contribution in [2.45, 2.75) is 19.4 Å². The molecule has 1 aliphatic heterocycles. The maximum absolute atomic E-state index is 11.6. The van der Waals surface area contributed by atoms with Gasteiger partial charge in [0.25, 0.3) is 0 Å². The largest absolute Gasteiger partial charge is 0.384 e. The Morgan fingerprint density at radius 2 is 2.20 bits per heavy atom. The molecule has 108 valence electrons. The van der Waals surface area contributed by atoms with Gasteiger partial charge in [0.1, 0.15) is 11.5 Å². The summed E-state index contributed by atoms with van der Waals surface area (Å²) in [5.74, 6) is 0.856. The van der Waals surface area contributed by atoms with E-state index in [1.54, 1.807) is 15.6 Å². The molecule has 0 radical (unpaired) electrons. The standard InChI is InChI=1S/C12H17N5O2S/c1-8-11(9-5-14-16(2)6-9)15-17(12(8)13)10-3-4-20(18,19)7-10/h5-6,10H,3-4,7,13H2,1-2H3. The molecule has 2 aromatic heterocycles. The van der Waals surface area contributed by atoms with Crippen molar-refractivity contribution in [1.29, 1.82) is 0 Å². The Bertz CT molecular complexity index is 759. The lowest BCUT2D eigenvalue weighted by molar-refractivity contribution is 0.508. The van der Waals surface area contributed by atoms with E-state index in [-0.39, 0.29) is 17.5 Å². The van der Waals surface area contributed by atoms with Crippen molar-refractivity contribution in [3.8, 4) is 11.3 Å². The van der Waals surface area contributed by atoms with E-state index in [1.165, 1.54) is 0 Å². The Labute approximate surface area is 117 Å². The quantitative estimate of drug-likeness (QED) is 0.872. The molecule has 3 heterocycles. The number of sulfone groups is 1. The Morgan fingerprint density at radius 3 is 2.75 bits per heavy atom. The van der Waals surface area contributed by atoms with Crippen LogP contribution in [0.2, 0.25) is 0 Å². The third kappa shape index (κ3) is 2.09. The highest BCUT2D eigenvalue weighted by molar-refractivity contribution is 7.91. The van der Waals surface area contributed by atoms with Crippen LogP contribution in [-0.2, 0) is 16.9 Å². The molecule has 2 aromatic rings. The average molecular weight is 295 g/mol. The van der Waals surface area contributed by atoms with Crippen molar-refractivity contribution in [3.05, 3.63) is 18.0 Å². The van der Waals surface area contributed by atoms with Crippen LogP contribution in [0, 0.1) is 6.92 Å². The summed E-state index contributed by atoms with van der Waals surface area (Å²) in [5.41, 5.74) is 8.61. The molecule has 2 N–H and O–H groups in total. The number of aromatic nitrogens is 4. The minimum absolute atomic E-state index is 0.116. The number of nitrogens with two attached hydrogens (primary N) is 1. The Hall–Kier alpha value is -1.83. The van der Waals surface area contributed by atoms with Gasteiger partial charge in [-0.2, -0.15) is 10.2 Å². The lowest BCUT2D eigenvalue weighted by Gasteiger charge is -2.10. The molecule has 0 aromatic carbocycles. The molecule has 8 heteroatoms. The Balaban J connectivity index is 2.02. The van der Waals surface area contributed by atoms with Crippen LogP contribution in [0.5, 0.6) is 0 Å². The number of aryl methyl sites for hydroxylation is 1. The molecule has 1 unspecified atom stereocenters. The molecule has 0 aliphatic carbocycles. The number of hydrogen-bond acceptors (Lipinski definition) is 5. The van der Waals surface area contributed by atoms with Crippen molar-refractivity contribution >= 4 is 15.7 Å². The molecule has 1 atom stereocenters. The summed E-state index contributed by atoms with van der Waals surface area (Å²) in [6.45, 7) is 1.89. The van der Waals surface area contributed by atoms with Crippen molar-refractivity contribution in [3.63, 3.8) is 0 Å². The van der Waals surface area contributed by atoms with E-state index in [0.29, 0.717) is 12.2 Å². The molecule has 0 bridgehead atoms. The summed E-state index contributed by atoms with van der Waals surface area (Å²) in [6.07, 6.45) is 4.16. The van der Waals surface area contributed by atoms with Crippen LogP contribution in [0.4, 0.5) is 5.82 Å². The SMILES string of the molecule is Cc1c(-c2cnn(C)c2)nn(C2CCS(=O)(=O)C2)c1N. The molecule has 1 aliphatic rings. The van der Waals surface area contributed by atoms with Crippen LogP contribution in [0.15, 0.2) is 12.4 Å². The fraction of sp³-hybridized carbons (Fsp3) is 0.500. The molecule has 0 amide bonds. The van der Waals surface area contributed by atoms with Crippen LogP contribution >= 0.6 is 0 Å². The zero-order valence-electron chi connectivity index (χ0n) is 11.4. The van der Waals surface area contributed by atoms with Gasteiger partial charge in [0.05, 0.1) is 23.7 Å². The van der Waals surface area contributed by atoms with Crippen LogP contribution in [-0.4, -0.2) is 39.5 Å². The van der Waals surface area contributed by atoms with E-state index in [0.717, 1.165) is 16.8 Å². The summed E-state index contributed by atoms with van der Waals surface area (Å²) in [4.78, 5) is 0. The van der Waals surface area contributed by atoms with Crippen molar-refractivity contribution in [2.24, 2.45) is 7.05 Å². The number of hydrogen-bond donors (Lipinski definition) is 1. The number of nitrogen functional groups attached to an aromatic ring is 1. The third-order valence-electron chi connectivity index (χ3n) is 3.73. The summed E-state index contributed by atoms with van der Waals surface area (Å²) >= 11 is 0. The van der Waals surface area contributed by atoms with E-state index in [9.17, 15) is 8.42 Å². The van der Waals surface area contributed by atoms with Crippen molar-refractivity contribution in [2.75, 3.05) is 17.2 Å². The number of rotatable bonds is 2. The maximum Gasteiger partial charge on any atom is 0.152 e. The first-order valence-corrected chi connectivity index (χ1v) is 8.23. The lowest BCUT2D eigenvalue weighted by Crippen LogP contribution is -2.14. The van der Waals surface area contributed by atoms with Gasteiger partial charge in [0.15, 0.2) is 9.84 Å². The van der Waals surface area contributed by atoms with Crippen LogP contribution < -0.4 is 5.73 Å². The van der Waals surface area contributed by atoms with Crippen molar-refractivity contribution in [1.82, 2.24) is 19.6 Å². The van der Waals surface area contributed by atoms with E-state index in [4.69, 9.17) is 5.73 Å². The van der Waals surface area contributed by atoms with Gasteiger partial charge in [-0.3, -0.25) is 4.68 Å². The summed E-state index contributed by atoms with van der Waals surface area (Å²) in [6, 6.07) is -0.163. The number of nitrogens with zero attached hydrogens (tertiary/aromatic N) is 4. The second kappa shape index (κ2) is 4.34. The minimum Gasteiger partial charge on any atom is -0.384 e. The fourth-order valence-corrected chi connectivity index (χ4v) is 4.29. The normalized spacial score (nSPS) is 21.4. The monoisotopic (exact) mass is 295 g/mol. The van der Waals surface area contributed by atoms with Gasteiger partial charge in [-0.25, -0.2) is 13.1 Å². The first-order valence-electron chi connectivity index (χ1n) is 6.41. The van der Waals surface area contributed by atoms with Crippen molar-refractivity contribution < 1.29 is 8.42 Å². The van der Waals surface area contributed by atoms with E-state index in [1.807, 2.05) is 20.2 Å². The predicted molar refractivity (Wildman–Crippen MR) is 75.9 cm³/mol. The molecule has 0 spiro atoms. The molecule has 7 nitrogen and oxygen atoms in total. The van der Waals surface area contributed by atoms with E-state index < -0.39 is 9.84 Å². The van der Waals surface area contributed by atoms with Gasteiger partial charge in [0.2, 0.25) is 0 Å². The summed E-state index contributed by atoms with van der Waals surface area (Å²) in [7, 11) is -1.12.